The van der Waals surface area contributed by atoms with Crippen LogP contribution in [0, 0.1) is 0 Å². The third-order valence-electron chi connectivity index (χ3n) is 4.73. The number of amides is 1. The van der Waals surface area contributed by atoms with E-state index >= 15 is 0 Å². The van der Waals surface area contributed by atoms with Gasteiger partial charge < -0.3 is 10.4 Å². The van der Waals surface area contributed by atoms with Crippen molar-refractivity contribution in [3.05, 3.63) is 87.8 Å². The van der Waals surface area contributed by atoms with Gasteiger partial charge in [-0.25, -0.2) is 13.5 Å². The molecule has 0 saturated heterocycles. The Bertz CT molecular complexity index is 1540. The van der Waals surface area contributed by atoms with E-state index in [9.17, 15) is 23.1 Å². The normalized spacial score (nSPS) is 11.3. The number of nitrogens with one attached hydrogen (secondary N) is 3. The number of H-pyrrole nitrogens is 1. The van der Waals surface area contributed by atoms with Crippen LogP contribution in [0.25, 0.3) is 10.8 Å². The van der Waals surface area contributed by atoms with Gasteiger partial charge in [0.2, 0.25) is 5.91 Å². The third kappa shape index (κ3) is 4.97. The number of rotatable bonds is 6. The molecule has 0 atom stereocenters. The lowest BCUT2D eigenvalue weighted by molar-refractivity contribution is -0.115. The lowest BCUT2D eigenvalue weighted by atomic mass is 10.1. The number of carbonyl (C=O) groups is 1. The molecule has 0 saturated carbocycles. The zero-order valence-electron chi connectivity index (χ0n) is 16.9. The molecule has 1 heterocycles. The lowest BCUT2D eigenvalue weighted by Gasteiger charge is -2.12. The molecule has 0 unspecified atom stereocenters. The summed E-state index contributed by atoms with van der Waals surface area (Å²) >= 11 is 5.89. The molecule has 0 radical (unpaired) electrons. The fraction of sp³-hybridized carbons (Fsp3) is 0.0455. The summed E-state index contributed by atoms with van der Waals surface area (Å²) in [5, 5.41) is 20.2. The average molecular weight is 485 g/mol. The van der Waals surface area contributed by atoms with E-state index in [1.807, 2.05) is 0 Å². The maximum Gasteiger partial charge on any atom is 0.272 e. The van der Waals surface area contributed by atoms with Gasteiger partial charge in [-0.15, -0.1) is 0 Å². The van der Waals surface area contributed by atoms with Gasteiger partial charge in [0.25, 0.3) is 15.6 Å². The van der Waals surface area contributed by atoms with Crippen LogP contribution in [0.3, 0.4) is 0 Å². The second-order valence-corrected chi connectivity index (χ2v) is 9.18. The van der Waals surface area contributed by atoms with E-state index in [1.165, 1.54) is 18.2 Å². The zero-order valence-corrected chi connectivity index (χ0v) is 18.4. The highest BCUT2D eigenvalue weighted by Crippen LogP contribution is 2.28. The molecular formula is C22H17ClN4O5S. The Kier molecular flexibility index (Phi) is 6.03. The number of hydrogen-bond donors (Lipinski definition) is 4. The smallest absolute Gasteiger partial charge is 0.272 e. The van der Waals surface area contributed by atoms with Gasteiger partial charge in [-0.1, -0.05) is 35.9 Å². The van der Waals surface area contributed by atoms with Gasteiger partial charge in [-0.2, -0.15) is 5.10 Å². The highest BCUT2D eigenvalue weighted by Gasteiger charge is 2.18. The third-order valence-corrected chi connectivity index (χ3v) is 6.35. The molecule has 4 rings (SSSR count). The maximum absolute atomic E-state index is 12.7. The summed E-state index contributed by atoms with van der Waals surface area (Å²) in [7, 11) is -4.02. The molecule has 0 spiro atoms. The number of aromatic amines is 1. The molecule has 168 valence electrons. The van der Waals surface area contributed by atoms with Crippen molar-refractivity contribution < 1.29 is 18.3 Å². The van der Waals surface area contributed by atoms with Crippen LogP contribution in [0.4, 0.5) is 11.4 Å². The fourth-order valence-electron chi connectivity index (χ4n) is 3.20. The van der Waals surface area contributed by atoms with Gasteiger partial charge in [0.05, 0.1) is 33.8 Å². The van der Waals surface area contributed by atoms with E-state index < -0.39 is 15.9 Å². The summed E-state index contributed by atoms with van der Waals surface area (Å²) in [6.45, 7) is 0. The van der Waals surface area contributed by atoms with E-state index in [4.69, 9.17) is 11.6 Å². The van der Waals surface area contributed by atoms with Crippen LogP contribution in [-0.2, 0) is 21.2 Å². The molecule has 4 aromatic rings. The first-order valence-electron chi connectivity index (χ1n) is 9.60. The van der Waals surface area contributed by atoms with Crippen molar-refractivity contribution >= 4 is 49.7 Å². The van der Waals surface area contributed by atoms with Crippen molar-refractivity contribution in [3.8, 4) is 5.75 Å². The van der Waals surface area contributed by atoms with Crippen molar-refractivity contribution in [2.24, 2.45) is 0 Å². The first kappa shape index (κ1) is 22.3. The van der Waals surface area contributed by atoms with Crippen LogP contribution in [0.1, 0.15) is 5.69 Å². The predicted molar refractivity (Wildman–Crippen MR) is 125 cm³/mol. The summed E-state index contributed by atoms with van der Waals surface area (Å²) in [4.78, 5) is 24.4. The second kappa shape index (κ2) is 8.93. The standard InChI is InChI=1S/C22H17ClN4O5S/c23-13-4-3-5-14(10-13)27-33(31,32)15-8-9-20(28)19(11-15)24-21(29)12-18-16-6-1-2-7-17(16)22(30)26-25-18/h1-11,27-28H,12H2,(H,24,29)(H,26,30). The van der Waals surface area contributed by atoms with Gasteiger partial charge in [-0.3, -0.25) is 14.3 Å². The molecule has 4 N–H and O–H groups in total. The Balaban J connectivity index is 1.57. The van der Waals surface area contributed by atoms with E-state index in [0.29, 0.717) is 21.5 Å². The molecule has 9 nitrogen and oxygen atoms in total. The number of nitrogens with zero attached hydrogens (tertiary/aromatic N) is 1. The van der Waals surface area contributed by atoms with Crippen molar-refractivity contribution in [3.63, 3.8) is 0 Å². The highest BCUT2D eigenvalue weighted by molar-refractivity contribution is 7.92. The number of benzene rings is 3. The maximum atomic E-state index is 12.7. The molecular weight excluding hydrogens is 468 g/mol. The van der Waals surface area contributed by atoms with E-state index in [1.54, 1.807) is 36.4 Å². The predicted octanol–water partition coefficient (Wildman–Crippen LogP) is 3.26. The van der Waals surface area contributed by atoms with Gasteiger partial charge in [0.1, 0.15) is 5.75 Å². The zero-order chi connectivity index (χ0) is 23.6. The van der Waals surface area contributed by atoms with E-state index in [-0.39, 0.29) is 34.0 Å². The Morgan fingerprint density at radius 2 is 1.79 bits per heavy atom. The number of phenolic OH excluding ortho intramolecular Hbond substituents is 1. The number of fused-ring (bicyclic) bond motifs is 1. The Labute approximate surface area is 193 Å². The quantitative estimate of drug-likeness (QED) is 0.309. The van der Waals surface area contributed by atoms with Gasteiger partial charge in [0.15, 0.2) is 0 Å². The number of aromatic hydroxyl groups is 1. The molecule has 1 amide bonds. The first-order chi connectivity index (χ1) is 15.7. The largest absolute Gasteiger partial charge is 0.506 e. The molecule has 0 bridgehead atoms. The summed E-state index contributed by atoms with van der Waals surface area (Å²) in [6.07, 6.45) is -0.214. The number of aromatic nitrogens is 2. The average Bonchev–Trinajstić information content (AvgIpc) is 2.77. The minimum atomic E-state index is -4.02. The number of sulfonamides is 1. The van der Waals surface area contributed by atoms with Crippen LogP contribution in [0.5, 0.6) is 5.75 Å². The summed E-state index contributed by atoms with van der Waals surface area (Å²) in [5.41, 5.74) is 0.117. The van der Waals surface area contributed by atoms with Crippen molar-refractivity contribution in [2.75, 3.05) is 10.0 Å². The second-order valence-electron chi connectivity index (χ2n) is 7.06. The minimum absolute atomic E-state index is 0.0947. The van der Waals surface area contributed by atoms with Crippen LogP contribution >= 0.6 is 11.6 Å². The van der Waals surface area contributed by atoms with E-state index in [2.05, 4.69) is 20.2 Å². The molecule has 3 aromatic carbocycles. The molecule has 0 aliphatic carbocycles. The van der Waals surface area contributed by atoms with Gasteiger partial charge in [0, 0.05) is 10.4 Å². The lowest BCUT2D eigenvalue weighted by Crippen LogP contribution is -2.19. The van der Waals surface area contributed by atoms with E-state index in [0.717, 1.165) is 12.1 Å². The molecule has 33 heavy (non-hydrogen) atoms. The monoisotopic (exact) mass is 484 g/mol. The summed E-state index contributed by atoms with van der Waals surface area (Å²) in [5.74, 6) is -0.878. The minimum Gasteiger partial charge on any atom is -0.506 e. The summed E-state index contributed by atoms with van der Waals surface area (Å²) in [6, 6.07) is 16.4. The molecule has 0 fully saturated rings. The molecule has 0 aliphatic heterocycles. The van der Waals surface area contributed by atoms with Crippen molar-refractivity contribution in [2.45, 2.75) is 11.3 Å². The SMILES string of the molecule is O=C(Cc1n[nH]c(=O)c2ccccc12)Nc1cc(S(=O)(=O)Nc2cccc(Cl)c2)ccc1O. The van der Waals surface area contributed by atoms with Crippen LogP contribution in [0.15, 0.2) is 76.4 Å². The van der Waals surface area contributed by atoms with Crippen LogP contribution < -0.4 is 15.6 Å². The Morgan fingerprint density at radius 3 is 2.55 bits per heavy atom. The number of phenols is 1. The number of anilines is 2. The molecule has 11 heteroatoms. The van der Waals surface area contributed by atoms with Gasteiger partial charge in [-0.05, 0) is 42.5 Å². The summed E-state index contributed by atoms with van der Waals surface area (Å²) < 4.78 is 27.9. The van der Waals surface area contributed by atoms with Crippen molar-refractivity contribution in [1.82, 2.24) is 10.2 Å². The fourth-order valence-corrected chi connectivity index (χ4v) is 4.47. The molecule has 0 aliphatic rings. The van der Waals surface area contributed by atoms with Gasteiger partial charge >= 0.3 is 0 Å². The number of hydrogen-bond acceptors (Lipinski definition) is 6. The number of halogens is 1. The first-order valence-corrected chi connectivity index (χ1v) is 11.5. The number of carbonyl (C=O) groups excluding carboxylic acids is 1. The Hall–Kier alpha value is -3.89. The van der Waals surface area contributed by atoms with Crippen LogP contribution in [0.2, 0.25) is 5.02 Å². The molecule has 1 aromatic heterocycles. The Morgan fingerprint density at radius 1 is 1.03 bits per heavy atom. The highest BCUT2D eigenvalue weighted by atomic mass is 35.5. The topological polar surface area (TPSA) is 141 Å². The van der Waals surface area contributed by atoms with Crippen LogP contribution in [-0.4, -0.2) is 29.6 Å². The van der Waals surface area contributed by atoms with Crippen molar-refractivity contribution in [1.29, 1.82) is 0 Å².